The van der Waals surface area contributed by atoms with Gasteiger partial charge in [0.15, 0.2) is 0 Å². The second kappa shape index (κ2) is 5.48. The van der Waals surface area contributed by atoms with Crippen LogP contribution in [0.2, 0.25) is 0 Å². The van der Waals surface area contributed by atoms with Gasteiger partial charge in [-0.15, -0.1) is 0 Å². The summed E-state index contributed by atoms with van der Waals surface area (Å²) in [5, 5.41) is 10.3. The van der Waals surface area contributed by atoms with Crippen LogP contribution in [0.15, 0.2) is 59.1 Å². The second-order valence-corrected chi connectivity index (χ2v) is 5.11. The van der Waals surface area contributed by atoms with E-state index in [2.05, 4.69) is 15.9 Å². The topological polar surface area (TPSA) is 20.2 Å². The summed E-state index contributed by atoms with van der Waals surface area (Å²) in [5.74, 6) is 0.0948. The molecule has 1 nitrogen and oxygen atoms in total. The first-order valence-electron chi connectivity index (χ1n) is 5.67. The van der Waals surface area contributed by atoms with Gasteiger partial charge in [0.1, 0.15) is 0 Å². The monoisotopic (exact) mass is 290 g/mol. The molecule has 2 aromatic rings. The van der Waals surface area contributed by atoms with Gasteiger partial charge in [-0.3, -0.25) is 0 Å². The molecular formula is C15H15BrO. The van der Waals surface area contributed by atoms with E-state index in [0.29, 0.717) is 0 Å². The van der Waals surface area contributed by atoms with Crippen molar-refractivity contribution in [3.8, 4) is 0 Å². The van der Waals surface area contributed by atoms with Crippen molar-refractivity contribution in [1.29, 1.82) is 0 Å². The third-order valence-corrected chi connectivity index (χ3v) is 3.54. The first kappa shape index (κ1) is 12.3. The molecule has 17 heavy (non-hydrogen) atoms. The zero-order valence-electron chi connectivity index (χ0n) is 9.68. The molecule has 2 atom stereocenters. The van der Waals surface area contributed by atoms with E-state index < -0.39 is 6.10 Å². The van der Waals surface area contributed by atoms with Crippen LogP contribution in [0.4, 0.5) is 0 Å². The Kier molecular flexibility index (Phi) is 3.97. The highest BCUT2D eigenvalue weighted by molar-refractivity contribution is 9.10. The molecule has 2 unspecified atom stereocenters. The van der Waals surface area contributed by atoms with Crippen LogP contribution in [0.1, 0.15) is 30.1 Å². The van der Waals surface area contributed by atoms with Crippen molar-refractivity contribution in [1.82, 2.24) is 0 Å². The average molecular weight is 291 g/mol. The van der Waals surface area contributed by atoms with Gasteiger partial charge in [-0.1, -0.05) is 65.3 Å². The summed E-state index contributed by atoms with van der Waals surface area (Å²) in [7, 11) is 0. The van der Waals surface area contributed by atoms with Crippen LogP contribution in [-0.4, -0.2) is 5.11 Å². The minimum Gasteiger partial charge on any atom is -0.388 e. The lowest BCUT2D eigenvalue weighted by atomic mass is 9.91. The second-order valence-electron chi connectivity index (χ2n) is 4.20. The molecule has 0 saturated carbocycles. The van der Waals surface area contributed by atoms with Crippen molar-refractivity contribution < 1.29 is 5.11 Å². The van der Waals surface area contributed by atoms with E-state index in [1.807, 2.05) is 61.5 Å². The number of benzene rings is 2. The molecule has 0 aliphatic heterocycles. The van der Waals surface area contributed by atoms with Crippen LogP contribution in [0, 0.1) is 0 Å². The van der Waals surface area contributed by atoms with Crippen molar-refractivity contribution in [2.75, 3.05) is 0 Å². The number of halogens is 1. The maximum Gasteiger partial charge on any atom is 0.0855 e. The van der Waals surface area contributed by atoms with Gasteiger partial charge in [0, 0.05) is 10.4 Å². The smallest absolute Gasteiger partial charge is 0.0855 e. The highest BCUT2D eigenvalue weighted by atomic mass is 79.9. The van der Waals surface area contributed by atoms with E-state index in [0.717, 1.165) is 15.6 Å². The number of rotatable bonds is 3. The van der Waals surface area contributed by atoms with Crippen LogP contribution >= 0.6 is 15.9 Å². The lowest BCUT2D eigenvalue weighted by Gasteiger charge is -2.19. The molecule has 0 aliphatic rings. The first-order valence-corrected chi connectivity index (χ1v) is 6.46. The molecule has 0 aromatic heterocycles. The minimum atomic E-state index is -0.467. The van der Waals surface area contributed by atoms with E-state index in [1.54, 1.807) is 0 Å². The zero-order chi connectivity index (χ0) is 12.3. The number of aliphatic hydroxyl groups is 1. The molecule has 2 heteroatoms. The molecule has 0 spiro atoms. The highest BCUT2D eigenvalue weighted by Crippen LogP contribution is 2.30. The molecule has 0 bridgehead atoms. The van der Waals surface area contributed by atoms with Crippen molar-refractivity contribution >= 4 is 15.9 Å². The number of aliphatic hydroxyl groups excluding tert-OH is 1. The molecule has 1 N–H and O–H groups in total. The fourth-order valence-corrected chi connectivity index (χ4v) is 2.15. The lowest BCUT2D eigenvalue weighted by Crippen LogP contribution is -2.07. The molecule has 0 fully saturated rings. The summed E-state index contributed by atoms with van der Waals surface area (Å²) in [6, 6.07) is 17.9. The van der Waals surface area contributed by atoms with Crippen LogP contribution in [-0.2, 0) is 0 Å². The molecule has 0 heterocycles. The summed E-state index contributed by atoms with van der Waals surface area (Å²) in [5.41, 5.74) is 2.10. The van der Waals surface area contributed by atoms with Gasteiger partial charge in [-0.05, 0) is 23.3 Å². The van der Waals surface area contributed by atoms with Crippen LogP contribution in [0.25, 0.3) is 0 Å². The summed E-state index contributed by atoms with van der Waals surface area (Å²) in [4.78, 5) is 0. The van der Waals surface area contributed by atoms with Crippen molar-refractivity contribution in [3.05, 3.63) is 70.2 Å². The molecule has 0 saturated heterocycles. The van der Waals surface area contributed by atoms with E-state index in [9.17, 15) is 5.11 Å². The van der Waals surface area contributed by atoms with Gasteiger partial charge < -0.3 is 5.11 Å². The first-order chi connectivity index (χ1) is 8.18. The summed E-state index contributed by atoms with van der Waals surface area (Å²) in [6.45, 7) is 2.04. The van der Waals surface area contributed by atoms with Crippen LogP contribution in [0.5, 0.6) is 0 Å². The molecule has 88 valence electrons. The van der Waals surface area contributed by atoms with Gasteiger partial charge in [0.2, 0.25) is 0 Å². The van der Waals surface area contributed by atoms with E-state index >= 15 is 0 Å². The predicted molar refractivity (Wildman–Crippen MR) is 74.0 cm³/mol. The van der Waals surface area contributed by atoms with Gasteiger partial charge in [0.05, 0.1) is 6.10 Å². The SMILES string of the molecule is CC(c1ccccc1)C(O)c1ccc(Br)cc1. The van der Waals surface area contributed by atoms with Gasteiger partial charge in [0.25, 0.3) is 0 Å². The van der Waals surface area contributed by atoms with E-state index in [1.165, 1.54) is 0 Å². The third-order valence-electron chi connectivity index (χ3n) is 3.01. The van der Waals surface area contributed by atoms with Gasteiger partial charge >= 0.3 is 0 Å². The predicted octanol–water partition coefficient (Wildman–Crippen LogP) is 4.29. The molecular weight excluding hydrogens is 276 g/mol. The van der Waals surface area contributed by atoms with Crippen molar-refractivity contribution in [2.24, 2.45) is 0 Å². The van der Waals surface area contributed by atoms with E-state index in [4.69, 9.17) is 0 Å². The highest BCUT2D eigenvalue weighted by Gasteiger charge is 2.17. The molecule has 0 aliphatic carbocycles. The summed E-state index contributed by atoms with van der Waals surface area (Å²) >= 11 is 3.39. The van der Waals surface area contributed by atoms with Crippen LogP contribution < -0.4 is 0 Å². The number of hydrogen-bond donors (Lipinski definition) is 1. The normalized spacial score (nSPS) is 14.3. The van der Waals surface area contributed by atoms with Crippen molar-refractivity contribution in [2.45, 2.75) is 18.9 Å². The Morgan fingerprint density at radius 2 is 1.47 bits per heavy atom. The molecule has 2 rings (SSSR count). The number of hydrogen-bond acceptors (Lipinski definition) is 1. The largest absolute Gasteiger partial charge is 0.388 e. The average Bonchev–Trinajstić information content (AvgIpc) is 2.39. The van der Waals surface area contributed by atoms with Crippen molar-refractivity contribution in [3.63, 3.8) is 0 Å². The fourth-order valence-electron chi connectivity index (χ4n) is 1.89. The Hall–Kier alpha value is -1.12. The molecule has 2 aromatic carbocycles. The van der Waals surface area contributed by atoms with Gasteiger partial charge in [-0.25, -0.2) is 0 Å². The molecule has 0 radical (unpaired) electrons. The zero-order valence-corrected chi connectivity index (χ0v) is 11.3. The van der Waals surface area contributed by atoms with E-state index in [-0.39, 0.29) is 5.92 Å². The maximum atomic E-state index is 10.3. The quantitative estimate of drug-likeness (QED) is 0.894. The Morgan fingerprint density at radius 1 is 0.882 bits per heavy atom. The van der Waals surface area contributed by atoms with Crippen LogP contribution in [0.3, 0.4) is 0 Å². The maximum absolute atomic E-state index is 10.3. The minimum absolute atomic E-state index is 0.0948. The third kappa shape index (κ3) is 2.96. The summed E-state index contributed by atoms with van der Waals surface area (Å²) in [6.07, 6.45) is -0.467. The lowest BCUT2D eigenvalue weighted by molar-refractivity contribution is 0.151. The standard InChI is InChI=1S/C15H15BrO/c1-11(12-5-3-2-4-6-12)15(17)13-7-9-14(16)10-8-13/h2-11,15,17H,1H3. The fraction of sp³-hybridized carbons (Fsp3) is 0.200. The Morgan fingerprint density at radius 3 is 2.06 bits per heavy atom. The Bertz CT molecular complexity index is 464. The summed E-state index contributed by atoms with van der Waals surface area (Å²) < 4.78 is 1.03. The Labute approximate surface area is 110 Å². The molecule has 0 amide bonds. The van der Waals surface area contributed by atoms with Gasteiger partial charge in [-0.2, -0.15) is 0 Å². The Balaban J connectivity index is 2.20.